The number of Topliss-reactive ketones (excluding diaryl/α,β-unsaturated/α-hetero) is 1. The van der Waals surface area contributed by atoms with Crippen molar-refractivity contribution >= 4 is 23.1 Å². The molecule has 2 heterocycles. The summed E-state index contributed by atoms with van der Waals surface area (Å²) in [6.07, 6.45) is 1.68. The lowest BCUT2D eigenvalue weighted by Gasteiger charge is -2.22. The Kier molecular flexibility index (Phi) is 4.35. The number of hydrogen-bond donors (Lipinski definition) is 1. The number of aromatic nitrogens is 1. The third-order valence-corrected chi connectivity index (χ3v) is 4.10. The van der Waals surface area contributed by atoms with Crippen molar-refractivity contribution in [2.75, 3.05) is 5.32 Å². The average Bonchev–Trinajstić information content (AvgIpc) is 3.01. The molecule has 0 radical (unpaired) electrons. The number of benzene rings is 1. The number of nitrogens with zero attached hydrogens (tertiary/aromatic N) is 2. The first-order chi connectivity index (χ1) is 11.9. The Morgan fingerprint density at radius 1 is 1.16 bits per heavy atom. The van der Waals surface area contributed by atoms with Gasteiger partial charge in [-0.1, -0.05) is 17.3 Å². The van der Waals surface area contributed by atoms with Crippen LogP contribution in [0.15, 0.2) is 47.8 Å². The second kappa shape index (κ2) is 6.47. The molecule has 1 unspecified atom stereocenters. The molecule has 0 saturated heterocycles. The van der Waals surface area contributed by atoms with Gasteiger partial charge >= 0.3 is 0 Å². The lowest BCUT2D eigenvalue weighted by Crippen LogP contribution is -2.49. The van der Waals surface area contributed by atoms with Crippen LogP contribution < -0.4 is 5.32 Å². The van der Waals surface area contributed by atoms with Crippen molar-refractivity contribution in [1.29, 1.82) is 0 Å². The molecule has 6 heteroatoms. The summed E-state index contributed by atoms with van der Waals surface area (Å²) >= 11 is 0. The highest BCUT2D eigenvalue weighted by molar-refractivity contribution is 6.19. The summed E-state index contributed by atoms with van der Waals surface area (Å²) in [6, 6.07) is 11.0. The predicted octanol–water partition coefficient (Wildman–Crippen LogP) is 2.79. The average molecular weight is 337 g/mol. The molecule has 0 bridgehead atoms. The highest BCUT2D eigenvalue weighted by Crippen LogP contribution is 2.29. The molecule has 6 nitrogen and oxygen atoms in total. The minimum Gasteiger partial charge on any atom is -0.370 e. The number of oxime groups is 1. The SMILES string of the molecule is CC(=O)C1(C(=O)Nc2cc(C)cc(C)c2)CC(c2ccccn2)=NO1. The topological polar surface area (TPSA) is 80.7 Å². The van der Waals surface area contributed by atoms with E-state index in [9.17, 15) is 9.59 Å². The fraction of sp³-hybridized carbons (Fsp3) is 0.263. The Morgan fingerprint density at radius 2 is 1.88 bits per heavy atom. The summed E-state index contributed by atoms with van der Waals surface area (Å²) in [5.74, 6) is -0.927. The molecule has 0 aliphatic carbocycles. The van der Waals surface area contributed by atoms with E-state index in [1.54, 1.807) is 18.3 Å². The number of pyridine rings is 1. The minimum atomic E-state index is -1.66. The van der Waals surface area contributed by atoms with E-state index in [1.807, 2.05) is 38.1 Å². The van der Waals surface area contributed by atoms with Crippen LogP contribution in [-0.4, -0.2) is 28.0 Å². The first-order valence-corrected chi connectivity index (χ1v) is 7.98. The molecule has 0 saturated carbocycles. The monoisotopic (exact) mass is 337 g/mol. The zero-order valence-electron chi connectivity index (χ0n) is 14.4. The predicted molar refractivity (Wildman–Crippen MR) is 94.4 cm³/mol. The first-order valence-electron chi connectivity index (χ1n) is 7.98. The maximum absolute atomic E-state index is 12.8. The molecule has 25 heavy (non-hydrogen) atoms. The summed E-state index contributed by atoms with van der Waals surface area (Å²) in [7, 11) is 0. The van der Waals surface area contributed by atoms with E-state index < -0.39 is 17.3 Å². The zero-order chi connectivity index (χ0) is 18.0. The lowest BCUT2D eigenvalue weighted by molar-refractivity contribution is -0.151. The van der Waals surface area contributed by atoms with Crippen LogP contribution in [0.2, 0.25) is 0 Å². The summed E-state index contributed by atoms with van der Waals surface area (Å²) in [4.78, 5) is 34.6. The third-order valence-electron chi connectivity index (χ3n) is 4.10. The normalized spacial score (nSPS) is 19.1. The lowest BCUT2D eigenvalue weighted by atomic mass is 9.91. The van der Waals surface area contributed by atoms with E-state index in [2.05, 4.69) is 15.5 Å². The van der Waals surface area contributed by atoms with E-state index >= 15 is 0 Å². The summed E-state index contributed by atoms with van der Waals surface area (Å²) < 4.78 is 0. The molecule has 2 aromatic rings. The summed E-state index contributed by atoms with van der Waals surface area (Å²) in [5.41, 5.74) is 2.06. The highest BCUT2D eigenvalue weighted by atomic mass is 16.7. The number of amides is 1. The Bertz CT molecular complexity index is 841. The molecule has 1 aromatic carbocycles. The van der Waals surface area contributed by atoms with Crippen LogP contribution in [0.5, 0.6) is 0 Å². The third kappa shape index (κ3) is 3.28. The Hall–Kier alpha value is -3.02. The first kappa shape index (κ1) is 16.8. The van der Waals surface area contributed by atoms with Gasteiger partial charge in [0.25, 0.3) is 11.5 Å². The fourth-order valence-electron chi connectivity index (χ4n) is 2.85. The van der Waals surface area contributed by atoms with Crippen molar-refractivity contribution in [1.82, 2.24) is 4.98 Å². The second-order valence-electron chi connectivity index (χ2n) is 6.23. The largest absolute Gasteiger partial charge is 0.370 e. The van der Waals surface area contributed by atoms with E-state index in [4.69, 9.17) is 4.84 Å². The number of anilines is 1. The molecule has 0 fully saturated rings. The minimum absolute atomic E-state index is 0.0516. The van der Waals surface area contributed by atoms with Crippen molar-refractivity contribution < 1.29 is 14.4 Å². The standard InChI is InChI=1S/C19H19N3O3/c1-12-8-13(2)10-15(9-12)21-18(24)19(14(3)23)11-17(22-25-19)16-6-4-5-7-20-16/h4-10H,11H2,1-3H3,(H,21,24). The quantitative estimate of drug-likeness (QED) is 0.870. The molecule has 128 valence electrons. The van der Waals surface area contributed by atoms with E-state index in [1.165, 1.54) is 6.92 Å². The number of hydrogen-bond acceptors (Lipinski definition) is 5. The van der Waals surface area contributed by atoms with Gasteiger partial charge in [-0.15, -0.1) is 0 Å². The Morgan fingerprint density at radius 3 is 2.48 bits per heavy atom. The van der Waals surface area contributed by atoms with Crippen LogP contribution in [0.25, 0.3) is 0 Å². The van der Waals surface area contributed by atoms with E-state index in [0.717, 1.165) is 11.1 Å². The highest BCUT2D eigenvalue weighted by Gasteiger charge is 2.51. The molecule has 1 atom stereocenters. The van der Waals surface area contributed by atoms with Crippen molar-refractivity contribution in [3.8, 4) is 0 Å². The Labute approximate surface area is 145 Å². The summed E-state index contributed by atoms with van der Waals surface area (Å²) in [5, 5.41) is 6.73. The van der Waals surface area contributed by atoms with Crippen molar-refractivity contribution in [2.24, 2.45) is 5.16 Å². The van der Waals surface area contributed by atoms with Crippen LogP contribution in [0, 0.1) is 13.8 Å². The van der Waals surface area contributed by atoms with Gasteiger partial charge in [0.05, 0.1) is 12.1 Å². The number of carbonyl (C=O) groups excluding carboxylic acids is 2. The summed E-state index contributed by atoms with van der Waals surface area (Å²) in [6.45, 7) is 5.22. The fourth-order valence-corrected chi connectivity index (χ4v) is 2.85. The van der Waals surface area contributed by atoms with E-state index in [-0.39, 0.29) is 6.42 Å². The smallest absolute Gasteiger partial charge is 0.279 e. The van der Waals surface area contributed by atoms with Gasteiger partial charge in [0.1, 0.15) is 5.71 Å². The molecule has 0 spiro atoms. The van der Waals surface area contributed by atoms with Gasteiger partial charge in [0.15, 0.2) is 5.78 Å². The van der Waals surface area contributed by atoms with Crippen LogP contribution in [0.3, 0.4) is 0 Å². The van der Waals surface area contributed by atoms with Crippen LogP contribution in [0.4, 0.5) is 5.69 Å². The number of rotatable bonds is 4. The molecule has 3 rings (SSSR count). The van der Waals surface area contributed by atoms with Crippen molar-refractivity contribution in [2.45, 2.75) is 32.8 Å². The van der Waals surface area contributed by atoms with Gasteiger partial charge in [-0.2, -0.15) is 0 Å². The number of carbonyl (C=O) groups is 2. The Balaban J connectivity index is 1.84. The number of nitrogens with one attached hydrogen (secondary N) is 1. The molecular weight excluding hydrogens is 318 g/mol. The molecule has 1 aromatic heterocycles. The molecular formula is C19H19N3O3. The molecule has 1 amide bonds. The van der Waals surface area contributed by atoms with Gasteiger partial charge in [0.2, 0.25) is 0 Å². The van der Waals surface area contributed by atoms with Gasteiger partial charge in [-0.05, 0) is 56.2 Å². The van der Waals surface area contributed by atoms with Crippen LogP contribution in [-0.2, 0) is 14.4 Å². The zero-order valence-corrected chi connectivity index (χ0v) is 14.4. The molecule has 1 aliphatic rings. The van der Waals surface area contributed by atoms with Crippen molar-refractivity contribution in [3.63, 3.8) is 0 Å². The molecule has 1 N–H and O–H groups in total. The maximum Gasteiger partial charge on any atom is 0.279 e. The van der Waals surface area contributed by atoms with Crippen LogP contribution in [0.1, 0.15) is 30.2 Å². The maximum atomic E-state index is 12.8. The van der Waals surface area contributed by atoms with Gasteiger partial charge in [0, 0.05) is 11.9 Å². The second-order valence-corrected chi connectivity index (χ2v) is 6.23. The van der Waals surface area contributed by atoms with Gasteiger partial charge in [-0.25, -0.2) is 0 Å². The van der Waals surface area contributed by atoms with E-state index in [0.29, 0.717) is 17.1 Å². The molecule has 1 aliphatic heterocycles. The van der Waals surface area contributed by atoms with Gasteiger partial charge < -0.3 is 10.2 Å². The van der Waals surface area contributed by atoms with Crippen molar-refractivity contribution in [3.05, 3.63) is 59.4 Å². The van der Waals surface area contributed by atoms with Gasteiger partial charge in [-0.3, -0.25) is 14.6 Å². The number of ketones is 1. The van der Waals surface area contributed by atoms with Crippen LogP contribution >= 0.6 is 0 Å². The number of aryl methyl sites for hydroxylation is 2.